The highest BCUT2D eigenvalue weighted by atomic mass is 19.3. The van der Waals surface area contributed by atoms with E-state index in [0.29, 0.717) is 25.9 Å². The van der Waals surface area contributed by atoms with Gasteiger partial charge in [0.25, 0.3) is 18.3 Å². The van der Waals surface area contributed by atoms with Crippen molar-refractivity contribution in [2.24, 2.45) is 5.41 Å². The van der Waals surface area contributed by atoms with E-state index in [1.807, 2.05) is 13.8 Å². The summed E-state index contributed by atoms with van der Waals surface area (Å²) >= 11 is 0. The van der Waals surface area contributed by atoms with Gasteiger partial charge in [-0.15, -0.1) is 0 Å². The van der Waals surface area contributed by atoms with Crippen molar-refractivity contribution in [3.63, 3.8) is 0 Å². The Kier molecular flexibility index (Phi) is 18.5. The van der Waals surface area contributed by atoms with E-state index in [4.69, 9.17) is 24.1 Å². The van der Waals surface area contributed by atoms with Crippen molar-refractivity contribution < 1.29 is 46.5 Å². The van der Waals surface area contributed by atoms with Crippen LogP contribution in [-0.4, -0.2) is 105 Å². The minimum absolute atomic E-state index is 0.0734. The number of hydrogen-bond acceptors (Lipinski definition) is 7. The first-order valence-electron chi connectivity index (χ1n) is 20.2. The maximum Gasteiger partial charge on any atom is 0.290 e. The number of alkyl halides is 4. The molecule has 0 unspecified atom stereocenters. The Morgan fingerprint density at radius 2 is 1.47 bits per heavy atom. The zero-order chi connectivity index (χ0) is 42.2. The van der Waals surface area contributed by atoms with Crippen LogP contribution in [0.25, 0.3) is 21.9 Å². The molecule has 2 N–H and O–H groups in total. The molecule has 0 aliphatic carbocycles. The van der Waals surface area contributed by atoms with Crippen LogP contribution < -0.4 is 14.8 Å². The third-order valence-corrected chi connectivity index (χ3v) is 10.5. The summed E-state index contributed by atoms with van der Waals surface area (Å²) < 4.78 is 72.4. The second-order valence-corrected chi connectivity index (χ2v) is 15.0. The number of rotatable bonds is 15. The minimum Gasteiger partial charge on any atom is -0.493 e. The number of carboxylic acid groups (broad SMARTS) is 1. The monoisotopic (exact) mass is 805 g/mol. The number of hydrogen-bond donors (Lipinski definition) is 2. The van der Waals surface area contributed by atoms with Crippen molar-refractivity contribution in [1.29, 1.82) is 0 Å². The van der Waals surface area contributed by atoms with Crippen molar-refractivity contribution in [2.45, 2.75) is 105 Å². The number of ether oxygens (including phenoxy) is 3. The Labute approximate surface area is 336 Å². The summed E-state index contributed by atoms with van der Waals surface area (Å²) in [6, 6.07) is 17.5. The fourth-order valence-corrected chi connectivity index (χ4v) is 7.66. The molecule has 2 saturated heterocycles. The van der Waals surface area contributed by atoms with Crippen LogP contribution in [0, 0.1) is 5.41 Å². The predicted molar refractivity (Wildman–Crippen MR) is 218 cm³/mol. The fraction of sp³-hybridized carbons (Fsp3) is 0.591. The van der Waals surface area contributed by atoms with E-state index in [9.17, 15) is 22.4 Å². The number of nitrogens with one attached hydrogen (secondary N) is 1. The van der Waals surface area contributed by atoms with Crippen molar-refractivity contribution >= 4 is 23.2 Å². The van der Waals surface area contributed by atoms with Gasteiger partial charge in [-0.1, -0.05) is 49.7 Å². The van der Waals surface area contributed by atoms with Gasteiger partial charge >= 0.3 is 0 Å². The number of halogens is 4. The summed E-state index contributed by atoms with van der Waals surface area (Å²) in [6.45, 7) is 13.2. The normalized spacial score (nSPS) is 16.5. The number of carbonyl (C=O) groups excluding carboxylic acids is 1. The largest absolute Gasteiger partial charge is 0.493 e. The molecule has 2 aliphatic heterocycles. The third kappa shape index (κ3) is 13.3. The van der Waals surface area contributed by atoms with Crippen LogP contribution in [0.5, 0.6) is 11.5 Å². The summed E-state index contributed by atoms with van der Waals surface area (Å²) in [5.74, 6) is -4.99. The quantitative estimate of drug-likeness (QED) is 0.116. The molecular formula is C44H63F4N3O6. The van der Waals surface area contributed by atoms with Crippen LogP contribution in [-0.2, 0) is 27.4 Å². The third-order valence-electron chi connectivity index (χ3n) is 10.5. The van der Waals surface area contributed by atoms with Crippen LogP contribution in [0.4, 0.5) is 17.6 Å². The first kappa shape index (κ1) is 47.4. The van der Waals surface area contributed by atoms with Gasteiger partial charge in [-0.25, -0.2) is 17.6 Å². The lowest BCUT2D eigenvalue weighted by Crippen LogP contribution is -2.57. The van der Waals surface area contributed by atoms with E-state index in [2.05, 4.69) is 72.7 Å². The summed E-state index contributed by atoms with van der Waals surface area (Å²) in [7, 11) is 2.18. The topological polar surface area (TPSA) is 101 Å². The molecule has 13 heteroatoms. The van der Waals surface area contributed by atoms with Gasteiger partial charge < -0.3 is 29.5 Å². The lowest BCUT2D eigenvalue weighted by Gasteiger charge is -2.44. The van der Waals surface area contributed by atoms with Crippen molar-refractivity contribution in [2.75, 3.05) is 59.5 Å². The number of benzene rings is 3. The number of likely N-dealkylation sites (tertiary alicyclic amines) is 2. The average Bonchev–Trinajstić information content (AvgIpc) is 3.15. The molecule has 0 spiro atoms. The molecule has 57 heavy (non-hydrogen) atoms. The zero-order valence-electron chi connectivity index (χ0n) is 34.8. The molecule has 0 radical (unpaired) electrons. The van der Waals surface area contributed by atoms with Gasteiger partial charge in [0.15, 0.2) is 0 Å². The molecule has 1 amide bonds. The van der Waals surface area contributed by atoms with E-state index in [0.717, 1.165) is 80.8 Å². The first-order chi connectivity index (χ1) is 27.1. The Hall–Kier alpha value is -3.94. The van der Waals surface area contributed by atoms with Crippen molar-refractivity contribution in [1.82, 2.24) is 15.1 Å². The van der Waals surface area contributed by atoms with Crippen molar-refractivity contribution in [3.8, 4) is 22.6 Å². The number of carbonyl (C=O) groups is 2. The second kappa shape index (κ2) is 22.3. The van der Waals surface area contributed by atoms with E-state index in [1.54, 1.807) is 6.92 Å². The minimum atomic E-state index is -3.17. The van der Waals surface area contributed by atoms with Gasteiger partial charge in [0, 0.05) is 33.5 Å². The fourth-order valence-electron chi connectivity index (χ4n) is 7.66. The van der Waals surface area contributed by atoms with Crippen LogP contribution in [0.2, 0.25) is 0 Å². The number of fused-ring (bicyclic) bond motifs is 1. The smallest absolute Gasteiger partial charge is 0.290 e. The molecule has 0 aromatic heterocycles. The Balaban J connectivity index is 0.000000322. The van der Waals surface area contributed by atoms with Crippen LogP contribution in [0.3, 0.4) is 0 Å². The summed E-state index contributed by atoms with van der Waals surface area (Å²) in [6.07, 6.45) is 4.46. The summed E-state index contributed by atoms with van der Waals surface area (Å²) in [5, 5.41) is 11.9. The van der Waals surface area contributed by atoms with Crippen molar-refractivity contribution in [3.05, 3.63) is 59.7 Å². The molecule has 0 bridgehead atoms. The van der Waals surface area contributed by atoms with E-state index < -0.39 is 29.7 Å². The number of nitrogens with zero attached hydrogens (tertiary/aromatic N) is 2. The number of piperidine rings is 2. The molecular weight excluding hydrogens is 742 g/mol. The Bertz CT molecular complexity index is 1670. The highest BCUT2D eigenvalue weighted by Gasteiger charge is 2.56. The van der Waals surface area contributed by atoms with Gasteiger partial charge in [0.2, 0.25) is 5.91 Å². The standard InChI is InChI=1S/C30H39NO3.C13H22F4N2O.CH2O2/c1-5-10-23-11-8-13-26-25(23)12-9-14-27(26)30-28(32-6-2)19-22(20-29(30)33-7-3)21-34-24-15-17-31(4)18-16-24;1-4-18-10(20)13(12(3,16)17)5-7-19(8-6-13)9-11(2,14)15;2-1-3/h8-9,11-14,19-20,24H,5-7,10,15-18,21H2,1-4H3;4-9H2,1-3H3,(H,18,20);1H,(H,2,3). The maximum atomic E-state index is 13.9. The second-order valence-electron chi connectivity index (χ2n) is 15.0. The molecule has 2 aliphatic rings. The molecule has 2 fully saturated rings. The predicted octanol–water partition coefficient (Wildman–Crippen LogP) is 9.08. The summed E-state index contributed by atoms with van der Waals surface area (Å²) in [5.41, 5.74) is 2.89. The maximum absolute atomic E-state index is 13.9. The highest BCUT2D eigenvalue weighted by Crippen LogP contribution is 2.46. The van der Waals surface area contributed by atoms with Gasteiger partial charge in [0.1, 0.15) is 16.9 Å². The van der Waals surface area contributed by atoms with Crippen LogP contribution in [0.1, 0.15) is 84.8 Å². The van der Waals surface area contributed by atoms with Gasteiger partial charge in [-0.2, -0.15) is 0 Å². The molecule has 3 aromatic carbocycles. The SMILES string of the molecule is CCCc1cccc2c(-c3c(OCC)cc(COC4CCN(C)CC4)cc3OCC)cccc12.CCNC(=O)C1(C(C)(F)F)CCN(CC(C)(F)F)CC1.O=CO. The first-order valence-corrected chi connectivity index (χ1v) is 20.2. The van der Waals surface area contributed by atoms with E-state index in [1.165, 1.54) is 21.2 Å². The van der Waals surface area contributed by atoms with Crippen LogP contribution >= 0.6 is 0 Å². The van der Waals surface area contributed by atoms with Crippen LogP contribution in [0.15, 0.2) is 48.5 Å². The molecule has 5 rings (SSSR count). The molecule has 2 heterocycles. The molecule has 0 saturated carbocycles. The van der Waals surface area contributed by atoms with E-state index >= 15 is 0 Å². The lowest BCUT2D eigenvalue weighted by molar-refractivity contribution is -0.168. The summed E-state index contributed by atoms with van der Waals surface area (Å²) in [4.78, 5) is 24.2. The van der Waals surface area contributed by atoms with E-state index in [-0.39, 0.29) is 38.9 Å². The number of amides is 1. The molecule has 318 valence electrons. The van der Waals surface area contributed by atoms with Gasteiger partial charge in [-0.3, -0.25) is 14.5 Å². The Morgan fingerprint density at radius 3 is 1.98 bits per heavy atom. The van der Waals surface area contributed by atoms with Gasteiger partial charge in [-0.05, 0) is 113 Å². The Morgan fingerprint density at radius 1 is 0.912 bits per heavy atom. The molecule has 9 nitrogen and oxygen atoms in total. The molecule has 3 aromatic rings. The lowest BCUT2D eigenvalue weighted by atomic mass is 9.72. The molecule has 0 atom stereocenters. The highest BCUT2D eigenvalue weighted by molar-refractivity contribution is 6.01. The number of aryl methyl sites for hydroxylation is 1. The average molecular weight is 806 g/mol. The zero-order valence-corrected chi connectivity index (χ0v) is 34.8. The van der Waals surface area contributed by atoms with Gasteiger partial charge in [0.05, 0.1) is 38.0 Å².